The third-order valence-corrected chi connectivity index (χ3v) is 5.09. The standard InChI is InChI=1S/C20H17N3S/c1-2-14-5-10-22-17(11-14)13-20-23-18-4-3-16(12-19(18)24-20)15-6-8-21-9-7-15/h3-12H,2,13H2,1H3. The van der Waals surface area contributed by atoms with Crippen molar-refractivity contribution in [2.75, 3.05) is 0 Å². The Balaban J connectivity index is 1.65. The van der Waals surface area contributed by atoms with E-state index in [0.29, 0.717) is 0 Å². The molecular formula is C20H17N3S. The first-order valence-electron chi connectivity index (χ1n) is 8.05. The van der Waals surface area contributed by atoms with Crippen LogP contribution in [0.2, 0.25) is 0 Å². The molecule has 24 heavy (non-hydrogen) atoms. The van der Waals surface area contributed by atoms with Gasteiger partial charge in [-0.2, -0.15) is 0 Å². The smallest absolute Gasteiger partial charge is 0.0998 e. The van der Waals surface area contributed by atoms with Gasteiger partial charge >= 0.3 is 0 Å². The van der Waals surface area contributed by atoms with Crippen molar-refractivity contribution in [3.8, 4) is 11.1 Å². The zero-order valence-corrected chi connectivity index (χ0v) is 14.3. The summed E-state index contributed by atoms with van der Waals surface area (Å²) in [6.07, 6.45) is 7.36. The molecule has 0 amide bonds. The molecule has 4 aromatic rings. The van der Waals surface area contributed by atoms with Gasteiger partial charge in [0, 0.05) is 30.7 Å². The average molecular weight is 331 g/mol. The maximum atomic E-state index is 4.76. The number of rotatable bonds is 4. The second kappa shape index (κ2) is 6.49. The van der Waals surface area contributed by atoms with E-state index in [0.717, 1.165) is 29.1 Å². The molecule has 0 radical (unpaired) electrons. The number of hydrogen-bond acceptors (Lipinski definition) is 4. The Morgan fingerprint density at radius 3 is 2.62 bits per heavy atom. The van der Waals surface area contributed by atoms with Gasteiger partial charge in [-0.05, 0) is 59.5 Å². The minimum atomic E-state index is 0.789. The van der Waals surface area contributed by atoms with Crippen LogP contribution in [0.5, 0.6) is 0 Å². The quantitative estimate of drug-likeness (QED) is 0.533. The van der Waals surface area contributed by atoms with E-state index in [-0.39, 0.29) is 0 Å². The van der Waals surface area contributed by atoms with Gasteiger partial charge in [-0.3, -0.25) is 9.97 Å². The van der Waals surface area contributed by atoms with Crippen molar-refractivity contribution in [1.29, 1.82) is 0 Å². The highest BCUT2D eigenvalue weighted by Gasteiger charge is 2.08. The van der Waals surface area contributed by atoms with E-state index < -0.39 is 0 Å². The molecule has 3 heterocycles. The van der Waals surface area contributed by atoms with Crippen molar-refractivity contribution in [1.82, 2.24) is 15.0 Å². The molecule has 0 saturated carbocycles. The number of benzene rings is 1. The second-order valence-electron chi connectivity index (χ2n) is 5.71. The Hall–Kier alpha value is -2.59. The van der Waals surface area contributed by atoms with Crippen LogP contribution in [0.25, 0.3) is 21.3 Å². The molecule has 4 rings (SSSR count). The lowest BCUT2D eigenvalue weighted by Gasteiger charge is -2.00. The Bertz CT molecular complexity index is 977. The number of aryl methyl sites for hydroxylation is 1. The van der Waals surface area contributed by atoms with Crippen LogP contribution < -0.4 is 0 Å². The highest BCUT2D eigenvalue weighted by molar-refractivity contribution is 7.18. The highest BCUT2D eigenvalue weighted by Crippen LogP contribution is 2.29. The first-order valence-corrected chi connectivity index (χ1v) is 8.87. The third-order valence-electron chi connectivity index (χ3n) is 4.07. The van der Waals surface area contributed by atoms with Crippen LogP contribution in [0.1, 0.15) is 23.2 Å². The molecule has 0 aliphatic carbocycles. The normalized spacial score (nSPS) is 11.0. The fourth-order valence-corrected chi connectivity index (χ4v) is 3.79. The first kappa shape index (κ1) is 15.0. The molecule has 0 saturated heterocycles. The van der Waals surface area contributed by atoms with Gasteiger partial charge in [-0.1, -0.05) is 13.0 Å². The number of nitrogens with zero attached hydrogens (tertiary/aromatic N) is 3. The Morgan fingerprint density at radius 1 is 0.917 bits per heavy atom. The van der Waals surface area contributed by atoms with Crippen molar-refractivity contribution in [3.05, 3.63) is 77.3 Å². The zero-order valence-electron chi connectivity index (χ0n) is 13.4. The molecule has 0 aliphatic heterocycles. The molecule has 0 atom stereocenters. The summed E-state index contributed by atoms with van der Waals surface area (Å²) < 4.78 is 1.21. The third kappa shape index (κ3) is 3.05. The summed E-state index contributed by atoms with van der Waals surface area (Å²) >= 11 is 1.75. The molecule has 0 bridgehead atoms. The summed E-state index contributed by atoms with van der Waals surface area (Å²) in [5.74, 6) is 0. The van der Waals surface area contributed by atoms with Crippen LogP contribution in [0.3, 0.4) is 0 Å². The van der Waals surface area contributed by atoms with Crippen molar-refractivity contribution in [2.24, 2.45) is 0 Å². The van der Waals surface area contributed by atoms with E-state index in [1.807, 2.05) is 30.7 Å². The molecule has 0 fully saturated rings. The van der Waals surface area contributed by atoms with Gasteiger partial charge in [0.25, 0.3) is 0 Å². The molecule has 0 unspecified atom stereocenters. The number of hydrogen-bond donors (Lipinski definition) is 0. The molecule has 118 valence electrons. The first-order chi connectivity index (χ1) is 11.8. The van der Waals surface area contributed by atoms with E-state index >= 15 is 0 Å². The predicted molar refractivity (Wildman–Crippen MR) is 99.3 cm³/mol. The summed E-state index contributed by atoms with van der Waals surface area (Å²) in [6.45, 7) is 2.16. The van der Waals surface area contributed by atoms with E-state index in [4.69, 9.17) is 4.98 Å². The van der Waals surface area contributed by atoms with Crippen molar-refractivity contribution >= 4 is 21.6 Å². The Labute approximate surface area is 145 Å². The van der Waals surface area contributed by atoms with Gasteiger partial charge in [0.2, 0.25) is 0 Å². The summed E-state index contributed by atoms with van der Waals surface area (Å²) in [5.41, 5.74) is 5.84. The molecule has 3 nitrogen and oxygen atoms in total. The lowest BCUT2D eigenvalue weighted by Crippen LogP contribution is -1.93. The fraction of sp³-hybridized carbons (Fsp3) is 0.150. The Morgan fingerprint density at radius 2 is 1.79 bits per heavy atom. The molecule has 4 heteroatoms. The topological polar surface area (TPSA) is 38.7 Å². The summed E-state index contributed by atoms with van der Waals surface area (Å²) in [5, 5.41) is 1.11. The van der Waals surface area contributed by atoms with E-state index in [2.05, 4.69) is 47.2 Å². The van der Waals surface area contributed by atoms with E-state index in [1.165, 1.54) is 21.4 Å². The maximum absolute atomic E-state index is 4.76. The second-order valence-corrected chi connectivity index (χ2v) is 6.83. The van der Waals surface area contributed by atoms with Crippen LogP contribution >= 0.6 is 11.3 Å². The molecule has 1 aromatic carbocycles. The van der Waals surface area contributed by atoms with E-state index in [1.54, 1.807) is 11.3 Å². The molecule has 3 aromatic heterocycles. The molecule has 0 N–H and O–H groups in total. The van der Waals surface area contributed by atoms with Crippen LogP contribution in [0.4, 0.5) is 0 Å². The number of fused-ring (bicyclic) bond motifs is 1. The lowest BCUT2D eigenvalue weighted by molar-refractivity contribution is 1.02. The van der Waals surface area contributed by atoms with Gasteiger partial charge in [0.15, 0.2) is 0 Å². The lowest BCUT2D eigenvalue weighted by atomic mass is 10.1. The van der Waals surface area contributed by atoms with Crippen LogP contribution in [0, 0.1) is 0 Å². The van der Waals surface area contributed by atoms with Gasteiger partial charge in [-0.25, -0.2) is 4.98 Å². The minimum absolute atomic E-state index is 0.789. The number of thiazole rings is 1. The SMILES string of the molecule is CCc1ccnc(Cc2nc3ccc(-c4ccncc4)cc3s2)c1. The number of pyridine rings is 2. The van der Waals surface area contributed by atoms with Gasteiger partial charge in [0.1, 0.15) is 0 Å². The summed E-state index contributed by atoms with van der Waals surface area (Å²) in [4.78, 5) is 13.3. The average Bonchev–Trinajstić information content (AvgIpc) is 3.04. The summed E-state index contributed by atoms with van der Waals surface area (Å²) in [6, 6.07) is 14.7. The van der Waals surface area contributed by atoms with Crippen molar-refractivity contribution in [2.45, 2.75) is 19.8 Å². The highest BCUT2D eigenvalue weighted by atomic mass is 32.1. The van der Waals surface area contributed by atoms with Crippen LogP contribution in [0.15, 0.2) is 61.1 Å². The molecule has 0 aliphatic rings. The van der Waals surface area contributed by atoms with Crippen LogP contribution in [-0.2, 0) is 12.8 Å². The molecular weight excluding hydrogens is 314 g/mol. The maximum Gasteiger partial charge on any atom is 0.0998 e. The van der Waals surface area contributed by atoms with Gasteiger partial charge in [0.05, 0.1) is 15.2 Å². The predicted octanol–water partition coefficient (Wildman–Crippen LogP) is 4.91. The van der Waals surface area contributed by atoms with Crippen molar-refractivity contribution < 1.29 is 0 Å². The zero-order chi connectivity index (χ0) is 16.4. The Kier molecular flexibility index (Phi) is 4.05. The van der Waals surface area contributed by atoms with Crippen molar-refractivity contribution in [3.63, 3.8) is 0 Å². The van der Waals surface area contributed by atoms with Crippen LogP contribution in [-0.4, -0.2) is 15.0 Å². The van der Waals surface area contributed by atoms with Gasteiger partial charge in [-0.15, -0.1) is 11.3 Å². The minimum Gasteiger partial charge on any atom is -0.265 e. The van der Waals surface area contributed by atoms with Gasteiger partial charge < -0.3 is 0 Å². The van der Waals surface area contributed by atoms with E-state index in [9.17, 15) is 0 Å². The fourth-order valence-electron chi connectivity index (χ4n) is 2.77. The monoisotopic (exact) mass is 331 g/mol. The summed E-state index contributed by atoms with van der Waals surface area (Å²) in [7, 11) is 0. The number of aromatic nitrogens is 3. The molecule has 0 spiro atoms. The largest absolute Gasteiger partial charge is 0.265 e.